The Morgan fingerprint density at radius 1 is 1.43 bits per heavy atom. The van der Waals surface area contributed by atoms with Crippen molar-refractivity contribution in [3.05, 3.63) is 24.3 Å². The quantitative estimate of drug-likeness (QED) is 0.655. The second-order valence-corrected chi connectivity index (χ2v) is 3.83. The van der Waals surface area contributed by atoms with Gasteiger partial charge in [-0.3, -0.25) is 9.58 Å². The summed E-state index contributed by atoms with van der Waals surface area (Å²) >= 11 is 0. The summed E-state index contributed by atoms with van der Waals surface area (Å²) in [6, 6.07) is 0. The van der Waals surface area contributed by atoms with E-state index in [1.165, 1.54) is 5.57 Å². The number of aryl methyl sites for hydroxylation is 1. The molecular formula is C10H16N4. The van der Waals surface area contributed by atoms with Gasteiger partial charge < -0.3 is 0 Å². The van der Waals surface area contributed by atoms with E-state index in [1.54, 1.807) is 6.33 Å². The summed E-state index contributed by atoms with van der Waals surface area (Å²) < 4.78 is 1.84. The molecule has 4 nitrogen and oxygen atoms in total. The zero-order valence-electron chi connectivity index (χ0n) is 8.61. The lowest BCUT2D eigenvalue weighted by atomic mass is 10.1. The number of likely N-dealkylation sites (tertiary alicyclic amines) is 1. The van der Waals surface area contributed by atoms with Gasteiger partial charge in [0.1, 0.15) is 12.2 Å². The first-order valence-electron chi connectivity index (χ1n) is 4.97. The monoisotopic (exact) mass is 192 g/mol. The van der Waals surface area contributed by atoms with Crippen LogP contribution < -0.4 is 0 Å². The van der Waals surface area contributed by atoms with E-state index in [4.69, 9.17) is 0 Å². The molecule has 0 radical (unpaired) electrons. The van der Waals surface area contributed by atoms with Gasteiger partial charge in [0, 0.05) is 20.1 Å². The number of aromatic nitrogens is 3. The summed E-state index contributed by atoms with van der Waals surface area (Å²) in [5.74, 6) is 1.04. The van der Waals surface area contributed by atoms with Gasteiger partial charge in [0.15, 0.2) is 0 Å². The third-order valence-electron chi connectivity index (χ3n) is 2.73. The van der Waals surface area contributed by atoms with Crippen LogP contribution in [0.4, 0.5) is 0 Å². The van der Waals surface area contributed by atoms with E-state index in [2.05, 4.69) is 21.6 Å². The van der Waals surface area contributed by atoms with E-state index in [9.17, 15) is 0 Å². The minimum absolute atomic E-state index is 0.907. The van der Waals surface area contributed by atoms with Crippen molar-refractivity contribution in [1.82, 2.24) is 19.7 Å². The Morgan fingerprint density at radius 2 is 2.14 bits per heavy atom. The second-order valence-electron chi connectivity index (χ2n) is 3.83. The molecule has 0 N–H and O–H groups in total. The number of nitrogens with zero attached hydrogens (tertiary/aromatic N) is 4. The predicted octanol–water partition coefficient (Wildman–Crippen LogP) is 0.967. The van der Waals surface area contributed by atoms with E-state index in [0.717, 1.165) is 38.3 Å². The summed E-state index contributed by atoms with van der Waals surface area (Å²) in [6.07, 6.45) is 3.86. The lowest BCUT2D eigenvalue weighted by molar-refractivity contribution is 0.239. The van der Waals surface area contributed by atoms with Crippen molar-refractivity contribution in [1.29, 1.82) is 0 Å². The number of hydrogen-bond acceptors (Lipinski definition) is 3. The molecule has 0 saturated carbocycles. The highest BCUT2D eigenvalue weighted by molar-refractivity contribution is 4.99. The Labute approximate surface area is 84.2 Å². The Kier molecular flexibility index (Phi) is 2.63. The number of hydrogen-bond donors (Lipinski definition) is 0. The van der Waals surface area contributed by atoms with Crippen molar-refractivity contribution in [2.24, 2.45) is 7.05 Å². The molecule has 2 rings (SSSR count). The van der Waals surface area contributed by atoms with Gasteiger partial charge >= 0.3 is 0 Å². The predicted molar refractivity (Wildman–Crippen MR) is 54.7 cm³/mol. The maximum atomic E-state index is 4.22. The van der Waals surface area contributed by atoms with Crippen LogP contribution in [0.25, 0.3) is 0 Å². The van der Waals surface area contributed by atoms with Crippen LogP contribution in [0.2, 0.25) is 0 Å². The van der Waals surface area contributed by atoms with Crippen molar-refractivity contribution >= 4 is 0 Å². The first-order chi connectivity index (χ1) is 6.75. The average Bonchev–Trinajstić information content (AvgIpc) is 2.56. The molecule has 0 unspecified atom stereocenters. The van der Waals surface area contributed by atoms with Crippen LogP contribution in [0.3, 0.4) is 0 Å². The van der Waals surface area contributed by atoms with Crippen LogP contribution >= 0.6 is 0 Å². The Balaban J connectivity index is 1.92. The first-order valence-corrected chi connectivity index (χ1v) is 4.97. The molecule has 0 aromatic carbocycles. The van der Waals surface area contributed by atoms with Crippen molar-refractivity contribution in [2.75, 3.05) is 13.1 Å². The fourth-order valence-electron chi connectivity index (χ4n) is 1.69. The molecule has 1 aliphatic heterocycles. The van der Waals surface area contributed by atoms with Crippen molar-refractivity contribution < 1.29 is 0 Å². The standard InChI is InChI=1S/C10H16N4/c1-9-3-5-14(6-4-9)7-10-11-8-12-13(10)2/h8H,1,3-7H2,2H3. The van der Waals surface area contributed by atoms with Crippen LogP contribution in [0.15, 0.2) is 18.5 Å². The van der Waals surface area contributed by atoms with E-state index in [1.807, 2.05) is 11.7 Å². The molecule has 0 atom stereocenters. The third kappa shape index (κ3) is 2.01. The molecule has 2 heterocycles. The Morgan fingerprint density at radius 3 is 2.71 bits per heavy atom. The van der Waals surface area contributed by atoms with E-state index in [-0.39, 0.29) is 0 Å². The molecule has 0 aliphatic carbocycles. The molecule has 76 valence electrons. The van der Waals surface area contributed by atoms with Crippen LogP contribution in [0, 0.1) is 0 Å². The summed E-state index contributed by atoms with van der Waals surface area (Å²) in [5.41, 5.74) is 1.37. The average molecular weight is 192 g/mol. The molecule has 14 heavy (non-hydrogen) atoms. The third-order valence-corrected chi connectivity index (χ3v) is 2.73. The summed E-state index contributed by atoms with van der Waals surface area (Å²) in [7, 11) is 1.94. The van der Waals surface area contributed by atoms with E-state index < -0.39 is 0 Å². The van der Waals surface area contributed by atoms with Gasteiger partial charge in [-0.1, -0.05) is 12.2 Å². The largest absolute Gasteiger partial charge is 0.295 e. The van der Waals surface area contributed by atoms with Crippen LogP contribution in [0.1, 0.15) is 18.7 Å². The first kappa shape index (κ1) is 9.40. The molecule has 0 amide bonds. The second kappa shape index (κ2) is 3.92. The van der Waals surface area contributed by atoms with Crippen LogP contribution in [-0.4, -0.2) is 32.8 Å². The maximum absolute atomic E-state index is 4.22. The normalized spacial score (nSPS) is 18.8. The molecule has 1 aromatic heterocycles. The van der Waals surface area contributed by atoms with Crippen molar-refractivity contribution in [3.8, 4) is 0 Å². The zero-order valence-corrected chi connectivity index (χ0v) is 8.61. The van der Waals surface area contributed by atoms with Gasteiger partial charge in [0.2, 0.25) is 0 Å². The molecule has 0 bridgehead atoms. The number of piperidine rings is 1. The summed E-state index contributed by atoms with van der Waals surface area (Å²) in [4.78, 5) is 6.62. The van der Waals surface area contributed by atoms with Gasteiger partial charge in [0.25, 0.3) is 0 Å². The Bertz CT molecular complexity index is 319. The van der Waals surface area contributed by atoms with E-state index in [0.29, 0.717) is 0 Å². The minimum atomic E-state index is 0.907. The molecular weight excluding hydrogens is 176 g/mol. The smallest absolute Gasteiger partial charge is 0.140 e. The van der Waals surface area contributed by atoms with Crippen LogP contribution in [0.5, 0.6) is 0 Å². The lowest BCUT2D eigenvalue weighted by Crippen LogP contribution is -2.31. The van der Waals surface area contributed by atoms with Crippen molar-refractivity contribution in [3.63, 3.8) is 0 Å². The van der Waals surface area contributed by atoms with Crippen molar-refractivity contribution in [2.45, 2.75) is 19.4 Å². The molecule has 1 aromatic rings. The molecule has 1 fully saturated rings. The van der Waals surface area contributed by atoms with Gasteiger partial charge in [-0.15, -0.1) is 0 Å². The van der Waals surface area contributed by atoms with Gasteiger partial charge in [-0.05, 0) is 12.8 Å². The number of rotatable bonds is 2. The van der Waals surface area contributed by atoms with Crippen LogP contribution in [-0.2, 0) is 13.6 Å². The molecule has 1 saturated heterocycles. The van der Waals surface area contributed by atoms with Gasteiger partial charge in [-0.25, -0.2) is 4.98 Å². The Hall–Kier alpha value is -1.16. The van der Waals surface area contributed by atoms with Gasteiger partial charge in [-0.2, -0.15) is 5.10 Å². The lowest BCUT2D eigenvalue weighted by Gasteiger charge is -2.27. The highest BCUT2D eigenvalue weighted by atomic mass is 15.3. The minimum Gasteiger partial charge on any atom is -0.295 e. The molecule has 1 aliphatic rings. The summed E-state index contributed by atoms with van der Waals surface area (Å²) in [5, 5.41) is 4.06. The SMILES string of the molecule is C=C1CCN(Cc2ncnn2C)CC1. The zero-order chi connectivity index (χ0) is 9.97. The maximum Gasteiger partial charge on any atom is 0.140 e. The highest BCUT2D eigenvalue weighted by Crippen LogP contribution is 2.15. The van der Waals surface area contributed by atoms with E-state index >= 15 is 0 Å². The topological polar surface area (TPSA) is 34.0 Å². The molecule has 4 heteroatoms. The fraction of sp³-hybridized carbons (Fsp3) is 0.600. The van der Waals surface area contributed by atoms with Gasteiger partial charge in [0.05, 0.1) is 6.54 Å². The summed E-state index contributed by atoms with van der Waals surface area (Å²) in [6.45, 7) is 7.12. The highest BCUT2D eigenvalue weighted by Gasteiger charge is 2.14. The molecule has 0 spiro atoms. The fourth-order valence-corrected chi connectivity index (χ4v) is 1.69.